The van der Waals surface area contributed by atoms with Crippen LogP contribution in [0.25, 0.3) is 6.08 Å². The molecule has 0 unspecified atom stereocenters. The summed E-state index contributed by atoms with van der Waals surface area (Å²) in [6.07, 6.45) is 4.10. The lowest BCUT2D eigenvalue weighted by atomic mass is 10.1. The van der Waals surface area contributed by atoms with E-state index < -0.39 is 0 Å². The van der Waals surface area contributed by atoms with Crippen LogP contribution in [0.1, 0.15) is 12.0 Å². The molecular weight excluding hydrogens is 238 g/mol. The molecule has 0 amide bonds. The van der Waals surface area contributed by atoms with Gasteiger partial charge in [-0.1, -0.05) is 18.2 Å². The molecule has 1 aromatic rings. The second kappa shape index (κ2) is 7.07. The molecule has 3 N–H and O–H groups in total. The minimum Gasteiger partial charge on any atom is -0.399 e. The highest BCUT2D eigenvalue weighted by atomic mass is 16.1. The van der Waals surface area contributed by atoms with E-state index in [2.05, 4.69) is 10.2 Å². The average Bonchev–Trinajstić information content (AvgIpc) is 2.45. The molecule has 1 aliphatic heterocycles. The normalized spacial score (nSPS) is 16.8. The number of hydrogen-bond acceptors (Lipinski definition) is 4. The molecule has 19 heavy (non-hydrogen) atoms. The predicted octanol–water partition coefficient (Wildman–Crippen LogP) is 1.15. The number of hydrogen-bond donors (Lipinski definition) is 2. The van der Waals surface area contributed by atoms with E-state index in [-0.39, 0.29) is 5.78 Å². The number of rotatable bonds is 5. The van der Waals surface area contributed by atoms with Gasteiger partial charge in [-0.3, -0.25) is 4.79 Å². The van der Waals surface area contributed by atoms with Gasteiger partial charge >= 0.3 is 0 Å². The van der Waals surface area contributed by atoms with Crippen molar-refractivity contribution in [3.8, 4) is 0 Å². The predicted molar refractivity (Wildman–Crippen MR) is 78.8 cm³/mol. The van der Waals surface area contributed by atoms with Gasteiger partial charge in [0, 0.05) is 44.8 Å². The third-order valence-corrected chi connectivity index (χ3v) is 3.28. The summed E-state index contributed by atoms with van der Waals surface area (Å²) in [6.45, 7) is 4.97. The highest BCUT2D eigenvalue weighted by molar-refractivity contribution is 5.93. The lowest BCUT2D eigenvalue weighted by molar-refractivity contribution is -0.114. The quantitative estimate of drug-likeness (QED) is 0.615. The molecule has 1 fully saturated rings. The van der Waals surface area contributed by atoms with E-state index in [4.69, 9.17) is 5.73 Å². The van der Waals surface area contributed by atoms with Crippen LogP contribution in [0.4, 0.5) is 5.69 Å². The van der Waals surface area contributed by atoms with Gasteiger partial charge in [-0.15, -0.1) is 0 Å². The van der Waals surface area contributed by atoms with Crippen molar-refractivity contribution in [2.45, 2.75) is 6.42 Å². The molecule has 0 atom stereocenters. The van der Waals surface area contributed by atoms with E-state index in [1.807, 2.05) is 30.3 Å². The number of nitrogens with zero attached hydrogens (tertiary/aromatic N) is 1. The Morgan fingerprint density at radius 1 is 1.26 bits per heavy atom. The van der Waals surface area contributed by atoms with Crippen LogP contribution < -0.4 is 11.1 Å². The molecule has 0 aromatic heterocycles. The highest BCUT2D eigenvalue weighted by Crippen LogP contribution is 2.07. The van der Waals surface area contributed by atoms with Crippen LogP contribution in [0.2, 0.25) is 0 Å². The molecule has 1 aliphatic rings. The van der Waals surface area contributed by atoms with E-state index in [9.17, 15) is 4.79 Å². The van der Waals surface area contributed by atoms with Crippen molar-refractivity contribution in [1.82, 2.24) is 10.2 Å². The first-order valence-electron chi connectivity index (χ1n) is 6.73. The zero-order valence-electron chi connectivity index (χ0n) is 11.1. The van der Waals surface area contributed by atoms with Crippen LogP contribution in [0.3, 0.4) is 0 Å². The second-order valence-electron chi connectivity index (χ2n) is 4.81. The van der Waals surface area contributed by atoms with Crippen molar-refractivity contribution in [1.29, 1.82) is 0 Å². The van der Waals surface area contributed by atoms with Gasteiger partial charge in [0.25, 0.3) is 0 Å². The number of anilines is 1. The minimum atomic E-state index is 0.176. The molecular formula is C15H21N3O. The number of carbonyl (C=O) groups excluding carboxylic acids is 1. The Morgan fingerprint density at radius 3 is 2.63 bits per heavy atom. The number of nitrogens with two attached hydrogens (primary N) is 1. The Hall–Kier alpha value is -1.65. The fourth-order valence-corrected chi connectivity index (χ4v) is 2.08. The SMILES string of the molecule is Nc1ccc(/C=C/C(=O)CCN2CCNCC2)cc1. The van der Waals surface area contributed by atoms with Gasteiger partial charge in [0.1, 0.15) is 0 Å². The smallest absolute Gasteiger partial charge is 0.156 e. The summed E-state index contributed by atoms with van der Waals surface area (Å²) in [7, 11) is 0. The van der Waals surface area contributed by atoms with Gasteiger partial charge in [-0.05, 0) is 23.8 Å². The zero-order valence-corrected chi connectivity index (χ0v) is 11.1. The fraction of sp³-hybridized carbons (Fsp3) is 0.400. The standard InChI is InChI=1S/C15H21N3O/c16-14-4-1-13(2-5-14)3-6-15(19)7-10-18-11-8-17-9-12-18/h1-6,17H,7-12,16H2/b6-3+. The van der Waals surface area contributed by atoms with Crippen LogP contribution in [0, 0.1) is 0 Å². The van der Waals surface area contributed by atoms with Crippen molar-refractivity contribution in [2.75, 3.05) is 38.5 Å². The fourth-order valence-electron chi connectivity index (χ4n) is 2.08. The van der Waals surface area contributed by atoms with Gasteiger partial charge < -0.3 is 16.0 Å². The first kappa shape index (κ1) is 13.8. The third kappa shape index (κ3) is 4.85. The zero-order chi connectivity index (χ0) is 13.5. The first-order valence-corrected chi connectivity index (χ1v) is 6.73. The van der Waals surface area contributed by atoms with Gasteiger partial charge in [0.15, 0.2) is 5.78 Å². The summed E-state index contributed by atoms with van der Waals surface area (Å²) in [6, 6.07) is 7.50. The Morgan fingerprint density at radius 2 is 1.95 bits per heavy atom. The molecule has 0 radical (unpaired) electrons. The molecule has 4 nitrogen and oxygen atoms in total. The molecule has 0 spiro atoms. The summed E-state index contributed by atoms with van der Waals surface area (Å²) < 4.78 is 0. The summed E-state index contributed by atoms with van der Waals surface area (Å²) in [4.78, 5) is 14.1. The van der Waals surface area contributed by atoms with Crippen molar-refractivity contribution >= 4 is 17.5 Å². The second-order valence-corrected chi connectivity index (χ2v) is 4.81. The molecule has 102 valence electrons. The van der Waals surface area contributed by atoms with E-state index in [0.29, 0.717) is 6.42 Å². The number of nitrogens with one attached hydrogen (secondary N) is 1. The Labute approximate surface area is 114 Å². The Balaban J connectivity index is 1.75. The Bertz CT molecular complexity index is 433. The molecule has 2 rings (SSSR count). The highest BCUT2D eigenvalue weighted by Gasteiger charge is 2.09. The summed E-state index contributed by atoms with van der Waals surface area (Å²) in [5.74, 6) is 0.176. The number of piperazine rings is 1. The summed E-state index contributed by atoms with van der Waals surface area (Å²) in [5.41, 5.74) is 7.35. The topological polar surface area (TPSA) is 58.4 Å². The van der Waals surface area contributed by atoms with Crippen molar-refractivity contribution in [2.24, 2.45) is 0 Å². The molecule has 1 heterocycles. The molecule has 1 saturated heterocycles. The third-order valence-electron chi connectivity index (χ3n) is 3.28. The minimum absolute atomic E-state index is 0.176. The van der Waals surface area contributed by atoms with E-state index in [0.717, 1.165) is 44.0 Å². The maximum absolute atomic E-state index is 11.8. The average molecular weight is 259 g/mol. The van der Waals surface area contributed by atoms with E-state index in [1.54, 1.807) is 6.08 Å². The number of carbonyl (C=O) groups is 1. The number of allylic oxidation sites excluding steroid dienone is 1. The monoisotopic (exact) mass is 259 g/mol. The Kier molecular flexibility index (Phi) is 5.12. The van der Waals surface area contributed by atoms with Gasteiger partial charge in [0.2, 0.25) is 0 Å². The first-order chi connectivity index (χ1) is 9.24. The molecule has 0 aliphatic carbocycles. The van der Waals surface area contributed by atoms with Gasteiger partial charge in [-0.2, -0.15) is 0 Å². The molecule has 4 heteroatoms. The molecule has 1 aromatic carbocycles. The number of nitrogen functional groups attached to an aromatic ring is 1. The van der Waals surface area contributed by atoms with Crippen LogP contribution in [0.5, 0.6) is 0 Å². The maximum atomic E-state index is 11.8. The number of ketones is 1. The summed E-state index contributed by atoms with van der Waals surface area (Å²) >= 11 is 0. The van der Waals surface area contributed by atoms with Crippen LogP contribution in [0.15, 0.2) is 30.3 Å². The maximum Gasteiger partial charge on any atom is 0.156 e. The van der Waals surface area contributed by atoms with Crippen LogP contribution >= 0.6 is 0 Å². The number of benzene rings is 1. The molecule has 0 bridgehead atoms. The van der Waals surface area contributed by atoms with E-state index in [1.165, 1.54) is 0 Å². The largest absolute Gasteiger partial charge is 0.399 e. The lowest BCUT2D eigenvalue weighted by Gasteiger charge is -2.26. The summed E-state index contributed by atoms with van der Waals surface area (Å²) in [5, 5.41) is 3.30. The van der Waals surface area contributed by atoms with Crippen LogP contribution in [-0.4, -0.2) is 43.4 Å². The van der Waals surface area contributed by atoms with Crippen molar-refractivity contribution in [3.05, 3.63) is 35.9 Å². The van der Waals surface area contributed by atoms with Crippen molar-refractivity contribution < 1.29 is 4.79 Å². The molecule has 0 saturated carbocycles. The van der Waals surface area contributed by atoms with Crippen molar-refractivity contribution in [3.63, 3.8) is 0 Å². The van der Waals surface area contributed by atoms with Crippen LogP contribution in [-0.2, 0) is 4.79 Å². The van der Waals surface area contributed by atoms with Gasteiger partial charge in [0.05, 0.1) is 0 Å². The lowest BCUT2D eigenvalue weighted by Crippen LogP contribution is -2.44. The van der Waals surface area contributed by atoms with E-state index >= 15 is 0 Å². The van der Waals surface area contributed by atoms with Gasteiger partial charge in [-0.25, -0.2) is 0 Å².